The fourth-order valence-corrected chi connectivity index (χ4v) is 1.67. The van der Waals surface area contributed by atoms with Crippen LogP contribution in [0.4, 0.5) is 0 Å². The van der Waals surface area contributed by atoms with Gasteiger partial charge in [-0.15, -0.1) is 0 Å². The number of ether oxygens (including phenoxy) is 1. The highest BCUT2D eigenvalue weighted by atomic mass is 16.5. The van der Waals surface area contributed by atoms with Crippen LogP contribution in [0, 0.1) is 0 Å². The number of nitrogens with one attached hydrogen (secondary N) is 1. The van der Waals surface area contributed by atoms with Gasteiger partial charge in [-0.25, -0.2) is 4.79 Å². The molecule has 2 N–H and O–H groups in total. The van der Waals surface area contributed by atoms with Crippen molar-refractivity contribution < 1.29 is 14.6 Å². The lowest BCUT2D eigenvalue weighted by Gasteiger charge is -2.08. The lowest BCUT2D eigenvalue weighted by Crippen LogP contribution is -2.15. The number of aromatic carboxylic acids is 1. The molecule has 19 heavy (non-hydrogen) atoms. The molecule has 1 aromatic carbocycles. The number of carbonyl (C=O) groups is 1. The highest BCUT2D eigenvalue weighted by Crippen LogP contribution is 2.04. The molecular formula is C15H23NO3. The number of rotatable bonds is 9. The molecule has 0 heterocycles. The van der Waals surface area contributed by atoms with Crippen molar-refractivity contribution in [1.29, 1.82) is 0 Å². The first-order valence-electron chi connectivity index (χ1n) is 6.74. The van der Waals surface area contributed by atoms with Gasteiger partial charge in [0.1, 0.15) is 0 Å². The minimum atomic E-state index is -0.885. The van der Waals surface area contributed by atoms with Crippen LogP contribution in [0.3, 0.4) is 0 Å². The van der Waals surface area contributed by atoms with Gasteiger partial charge in [-0.3, -0.25) is 0 Å². The molecule has 0 aliphatic rings. The van der Waals surface area contributed by atoms with E-state index in [1.165, 1.54) is 0 Å². The topological polar surface area (TPSA) is 58.6 Å². The third-order valence-corrected chi connectivity index (χ3v) is 2.73. The average Bonchev–Trinajstić information content (AvgIpc) is 2.38. The van der Waals surface area contributed by atoms with Crippen LogP contribution < -0.4 is 5.32 Å². The minimum absolute atomic E-state index is 0.306. The zero-order valence-electron chi connectivity index (χ0n) is 11.7. The monoisotopic (exact) mass is 265 g/mol. The Balaban J connectivity index is 2.11. The zero-order valence-corrected chi connectivity index (χ0v) is 11.7. The van der Waals surface area contributed by atoms with Gasteiger partial charge in [-0.05, 0) is 50.9 Å². The molecule has 0 aliphatic heterocycles. The van der Waals surface area contributed by atoms with Crippen LogP contribution in [0.2, 0.25) is 0 Å². The Hall–Kier alpha value is -1.39. The zero-order chi connectivity index (χ0) is 14.1. The maximum absolute atomic E-state index is 10.7. The summed E-state index contributed by atoms with van der Waals surface area (Å²) in [7, 11) is 0. The van der Waals surface area contributed by atoms with Gasteiger partial charge in [0.15, 0.2) is 0 Å². The second-order valence-electron chi connectivity index (χ2n) is 4.81. The highest BCUT2D eigenvalue weighted by molar-refractivity contribution is 5.87. The van der Waals surface area contributed by atoms with Crippen LogP contribution in [0.1, 0.15) is 42.6 Å². The van der Waals surface area contributed by atoms with Crippen molar-refractivity contribution in [2.45, 2.75) is 39.3 Å². The molecule has 1 rings (SSSR count). The van der Waals surface area contributed by atoms with Crippen LogP contribution in [-0.2, 0) is 11.3 Å². The van der Waals surface area contributed by atoms with Crippen LogP contribution in [0.15, 0.2) is 24.3 Å². The summed E-state index contributed by atoms with van der Waals surface area (Å²) in [6, 6.07) is 6.96. The molecule has 0 atom stereocenters. The van der Waals surface area contributed by atoms with Crippen molar-refractivity contribution in [2.24, 2.45) is 0 Å². The molecule has 0 radical (unpaired) electrons. The Morgan fingerprint density at radius 2 is 1.95 bits per heavy atom. The van der Waals surface area contributed by atoms with Crippen molar-refractivity contribution >= 4 is 5.97 Å². The van der Waals surface area contributed by atoms with Gasteiger partial charge in [0.25, 0.3) is 0 Å². The smallest absolute Gasteiger partial charge is 0.335 e. The summed E-state index contributed by atoms with van der Waals surface area (Å²) < 4.78 is 5.46. The molecule has 106 valence electrons. The second-order valence-corrected chi connectivity index (χ2v) is 4.81. The van der Waals surface area contributed by atoms with E-state index < -0.39 is 5.97 Å². The molecule has 0 fully saturated rings. The van der Waals surface area contributed by atoms with E-state index >= 15 is 0 Å². The number of unbranched alkanes of at least 4 members (excludes halogenated alkanes) is 1. The molecule has 0 aliphatic carbocycles. The van der Waals surface area contributed by atoms with Crippen LogP contribution in [-0.4, -0.2) is 30.3 Å². The van der Waals surface area contributed by atoms with Gasteiger partial charge >= 0.3 is 5.97 Å². The fourth-order valence-electron chi connectivity index (χ4n) is 1.67. The number of hydrogen-bond donors (Lipinski definition) is 2. The van der Waals surface area contributed by atoms with Crippen molar-refractivity contribution in [1.82, 2.24) is 5.32 Å². The molecule has 0 saturated carbocycles. The summed E-state index contributed by atoms with van der Waals surface area (Å²) in [6.07, 6.45) is 2.45. The van der Waals surface area contributed by atoms with Crippen molar-refractivity contribution in [3.8, 4) is 0 Å². The molecular weight excluding hydrogens is 242 g/mol. The van der Waals surface area contributed by atoms with E-state index in [0.717, 1.165) is 38.1 Å². The maximum Gasteiger partial charge on any atom is 0.335 e. The molecule has 0 unspecified atom stereocenters. The summed E-state index contributed by atoms with van der Waals surface area (Å²) in [6.45, 7) is 6.61. The second kappa shape index (κ2) is 8.67. The lowest BCUT2D eigenvalue weighted by atomic mass is 10.1. The first kappa shape index (κ1) is 15.7. The third kappa shape index (κ3) is 6.94. The van der Waals surface area contributed by atoms with Gasteiger partial charge < -0.3 is 15.2 Å². The molecule has 0 spiro atoms. The van der Waals surface area contributed by atoms with E-state index in [1.54, 1.807) is 12.1 Å². The third-order valence-electron chi connectivity index (χ3n) is 2.73. The van der Waals surface area contributed by atoms with Crippen LogP contribution >= 0.6 is 0 Å². The summed E-state index contributed by atoms with van der Waals surface area (Å²) >= 11 is 0. The predicted molar refractivity (Wildman–Crippen MR) is 75.4 cm³/mol. The molecule has 0 saturated heterocycles. The van der Waals surface area contributed by atoms with Crippen LogP contribution in [0.25, 0.3) is 0 Å². The van der Waals surface area contributed by atoms with E-state index in [4.69, 9.17) is 9.84 Å². The van der Waals surface area contributed by atoms with E-state index in [0.29, 0.717) is 11.7 Å². The van der Waals surface area contributed by atoms with Gasteiger partial charge in [-0.2, -0.15) is 0 Å². The summed E-state index contributed by atoms with van der Waals surface area (Å²) in [5.74, 6) is -0.885. The number of hydrogen-bond acceptors (Lipinski definition) is 3. The predicted octanol–water partition coefficient (Wildman–Crippen LogP) is 2.68. The van der Waals surface area contributed by atoms with E-state index in [2.05, 4.69) is 5.32 Å². The molecule has 0 aromatic heterocycles. The largest absolute Gasteiger partial charge is 0.478 e. The van der Waals surface area contributed by atoms with E-state index in [-0.39, 0.29) is 0 Å². The minimum Gasteiger partial charge on any atom is -0.478 e. The lowest BCUT2D eigenvalue weighted by molar-refractivity contribution is 0.0696. The van der Waals surface area contributed by atoms with Gasteiger partial charge in [0.2, 0.25) is 0 Å². The summed E-state index contributed by atoms with van der Waals surface area (Å²) in [4.78, 5) is 10.7. The number of benzene rings is 1. The number of carboxylic acid groups (broad SMARTS) is 1. The van der Waals surface area contributed by atoms with Gasteiger partial charge in [0.05, 0.1) is 11.7 Å². The Morgan fingerprint density at radius 1 is 1.26 bits per heavy atom. The first-order chi connectivity index (χ1) is 9.09. The Labute approximate surface area is 114 Å². The first-order valence-corrected chi connectivity index (χ1v) is 6.74. The van der Waals surface area contributed by atoms with Crippen molar-refractivity contribution in [2.75, 3.05) is 13.2 Å². The standard InChI is InChI=1S/C15H23NO3/c1-12(2)19-10-4-3-9-16-11-13-5-7-14(8-6-13)15(17)18/h5-8,12,16H,3-4,9-11H2,1-2H3,(H,17,18). The average molecular weight is 265 g/mol. The molecule has 0 amide bonds. The quantitative estimate of drug-likeness (QED) is 0.674. The molecule has 4 nitrogen and oxygen atoms in total. The van der Waals surface area contributed by atoms with Crippen molar-refractivity contribution in [3.05, 3.63) is 35.4 Å². The van der Waals surface area contributed by atoms with E-state index in [1.807, 2.05) is 26.0 Å². The summed E-state index contributed by atoms with van der Waals surface area (Å²) in [5.41, 5.74) is 1.43. The highest BCUT2D eigenvalue weighted by Gasteiger charge is 2.01. The SMILES string of the molecule is CC(C)OCCCCNCc1ccc(C(=O)O)cc1. The van der Waals surface area contributed by atoms with E-state index in [9.17, 15) is 4.79 Å². The van der Waals surface area contributed by atoms with Gasteiger partial charge in [-0.1, -0.05) is 12.1 Å². The molecule has 0 bridgehead atoms. The molecule has 1 aromatic rings. The fraction of sp³-hybridized carbons (Fsp3) is 0.533. The number of carboxylic acids is 1. The molecule has 4 heteroatoms. The Bertz CT molecular complexity index is 373. The Morgan fingerprint density at radius 3 is 2.53 bits per heavy atom. The van der Waals surface area contributed by atoms with Crippen LogP contribution in [0.5, 0.6) is 0 Å². The van der Waals surface area contributed by atoms with Crippen molar-refractivity contribution in [3.63, 3.8) is 0 Å². The summed E-state index contributed by atoms with van der Waals surface area (Å²) in [5, 5.41) is 12.1. The van der Waals surface area contributed by atoms with Gasteiger partial charge in [0, 0.05) is 13.2 Å². The Kier molecular flexibility index (Phi) is 7.15. The maximum atomic E-state index is 10.7. The normalized spacial score (nSPS) is 10.9.